The zero-order valence-corrected chi connectivity index (χ0v) is 13.3. The van der Waals surface area contributed by atoms with E-state index in [1.807, 2.05) is 10.8 Å². The molecular formula is C17H21N5O. The van der Waals surface area contributed by atoms with E-state index >= 15 is 0 Å². The molecule has 2 aromatic heterocycles. The molecule has 0 radical (unpaired) electrons. The third kappa shape index (κ3) is 2.98. The van der Waals surface area contributed by atoms with Gasteiger partial charge in [0.1, 0.15) is 12.2 Å². The number of amides is 1. The fourth-order valence-corrected chi connectivity index (χ4v) is 3.23. The number of hydrogen-bond donors (Lipinski definition) is 0. The second-order valence-corrected chi connectivity index (χ2v) is 6.58. The average molecular weight is 311 g/mol. The number of aromatic nitrogens is 4. The summed E-state index contributed by atoms with van der Waals surface area (Å²) in [4.78, 5) is 27.7. The smallest absolute Gasteiger partial charge is 0.243 e. The van der Waals surface area contributed by atoms with E-state index in [0.717, 1.165) is 12.8 Å². The molecule has 1 unspecified atom stereocenters. The number of carbonyl (C=O) groups excluding carboxylic acids is 1. The first kappa shape index (κ1) is 14.4. The van der Waals surface area contributed by atoms with Crippen LogP contribution in [0.25, 0.3) is 11.5 Å². The highest BCUT2D eigenvalue weighted by Gasteiger charge is 2.41. The van der Waals surface area contributed by atoms with Crippen molar-refractivity contribution >= 4 is 5.91 Å². The van der Waals surface area contributed by atoms with Crippen molar-refractivity contribution in [1.29, 1.82) is 0 Å². The van der Waals surface area contributed by atoms with Gasteiger partial charge in [0.25, 0.3) is 0 Å². The van der Waals surface area contributed by atoms with Gasteiger partial charge in [-0.05, 0) is 38.5 Å². The van der Waals surface area contributed by atoms with Gasteiger partial charge in [0, 0.05) is 36.9 Å². The topological polar surface area (TPSA) is 63.9 Å². The van der Waals surface area contributed by atoms with Crippen LogP contribution in [-0.2, 0) is 11.3 Å². The van der Waals surface area contributed by atoms with E-state index < -0.39 is 0 Å². The third-order valence-corrected chi connectivity index (χ3v) is 4.78. The van der Waals surface area contributed by atoms with Crippen LogP contribution in [0, 0.1) is 5.92 Å². The highest BCUT2D eigenvalue weighted by molar-refractivity contribution is 5.77. The van der Waals surface area contributed by atoms with Gasteiger partial charge in [-0.15, -0.1) is 0 Å². The average Bonchev–Trinajstić information content (AvgIpc) is 3.47. The standard InChI is InChI=1S/C17H21N5O/c1-12(13-2-3-13)22(14-4-5-14)16(23)11-21-9-8-20-17(21)15-10-18-6-7-19-15/h6-10,12-14H,2-5,11H2,1H3. The quantitative estimate of drug-likeness (QED) is 0.820. The summed E-state index contributed by atoms with van der Waals surface area (Å²) in [5, 5.41) is 0. The summed E-state index contributed by atoms with van der Waals surface area (Å²) in [5.74, 6) is 1.58. The maximum absolute atomic E-state index is 12.9. The Hall–Kier alpha value is -2.24. The molecule has 2 heterocycles. The summed E-state index contributed by atoms with van der Waals surface area (Å²) < 4.78 is 1.88. The molecule has 2 aromatic rings. The van der Waals surface area contributed by atoms with Crippen LogP contribution < -0.4 is 0 Å². The third-order valence-electron chi connectivity index (χ3n) is 4.78. The van der Waals surface area contributed by atoms with E-state index in [2.05, 4.69) is 26.8 Å². The van der Waals surface area contributed by atoms with Gasteiger partial charge in [0.05, 0.1) is 6.20 Å². The van der Waals surface area contributed by atoms with Crippen molar-refractivity contribution in [1.82, 2.24) is 24.4 Å². The van der Waals surface area contributed by atoms with Crippen LogP contribution >= 0.6 is 0 Å². The van der Waals surface area contributed by atoms with Crippen molar-refractivity contribution < 1.29 is 4.79 Å². The molecule has 23 heavy (non-hydrogen) atoms. The van der Waals surface area contributed by atoms with Crippen LogP contribution in [0.15, 0.2) is 31.0 Å². The van der Waals surface area contributed by atoms with Crippen molar-refractivity contribution in [2.24, 2.45) is 5.92 Å². The molecule has 2 saturated carbocycles. The molecule has 0 saturated heterocycles. The van der Waals surface area contributed by atoms with Crippen molar-refractivity contribution in [3.63, 3.8) is 0 Å². The van der Waals surface area contributed by atoms with E-state index in [1.54, 1.807) is 24.8 Å². The Kier molecular flexibility index (Phi) is 3.59. The Balaban J connectivity index is 1.53. The number of rotatable bonds is 6. The minimum absolute atomic E-state index is 0.190. The maximum atomic E-state index is 12.9. The Morgan fingerprint density at radius 1 is 1.26 bits per heavy atom. The molecule has 2 fully saturated rings. The largest absolute Gasteiger partial charge is 0.335 e. The lowest BCUT2D eigenvalue weighted by molar-refractivity contribution is -0.135. The van der Waals surface area contributed by atoms with Gasteiger partial charge >= 0.3 is 0 Å². The van der Waals surface area contributed by atoms with Crippen LogP contribution in [0.3, 0.4) is 0 Å². The van der Waals surface area contributed by atoms with Crippen molar-refractivity contribution in [2.45, 2.75) is 51.2 Å². The number of carbonyl (C=O) groups is 1. The molecular weight excluding hydrogens is 290 g/mol. The number of hydrogen-bond acceptors (Lipinski definition) is 4. The van der Waals surface area contributed by atoms with Crippen molar-refractivity contribution in [2.75, 3.05) is 0 Å². The predicted octanol–water partition coefficient (Wildman–Crippen LogP) is 2.13. The molecule has 1 amide bonds. The lowest BCUT2D eigenvalue weighted by Crippen LogP contribution is -2.43. The Morgan fingerprint density at radius 3 is 2.74 bits per heavy atom. The van der Waals surface area contributed by atoms with Crippen molar-refractivity contribution in [3.8, 4) is 11.5 Å². The minimum Gasteiger partial charge on any atom is -0.335 e. The minimum atomic E-state index is 0.190. The van der Waals surface area contributed by atoms with Gasteiger partial charge in [-0.3, -0.25) is 9.78 Å². The zero-order valence-electron chi connectivity index (χ0n) is 13.3. The maximum Gasteiger partial charge on any atom is 0.243 e. The molecule has 6 nitrogen and oxygen atoms in total. The fraction of sp³-hybridized carbons (Fsp3) is 0.529. The summed E-state index contributed by atoms with van der Waals surface area (Å²) >= 11 is 0. The highest BCUT2D eigenvalue weighted by atomic mass is 16.2. The van der Waals surface area contributed by atoms with Gasteiger partial charge in [-0.2, -0.15) is 0 Å². The summed E-state index contributed by atoms with van der Waals surface area (Å²) in [6.45, 7) is 2.52. The van der Waals surface area contributed by atoms with Crippen LogP contribution in [0.2, 0.25) is 0 Å². The summed E-state index contributed by atoms with van der Waals surface area (Å²) in [6.07, 6.45) is 13.3. The van der Waals surface area contributed by atoms with Crippen molar-refractivity contribution in [3.05, 3.63) is 31.0 Å². The van der Waals surface area contributed by atoms with Crippen LogP contribution in [0.1, 0.15) is 32.6 Å². The predicted molar refractivity (Wildman–Crippen MR) is 85.3 cm³/mol. The molecule has 6 heteroatoms. The Morgan fingerprint density at radius 2 is 2.09 bits per heavy atom. The molecule has 0 aliphatic heterocycles. The van der Waals surface area contributed by atoms with Gasteiger partial charge in [-0.1, -0.05) is 0 Å². The van der Waals surface area contributed by atoms with Crippen LogP contribution in [0.4, 0.5) is 0 Å². The first-order valence-corrected chi connectivity index (χ1v) is 8.32. The molecule has 0 aromatic carbocycles. The van der Waals surface area contributed by atoms with E-state index in [4.69, 9.17) is 0 Å². The SMILES string of the molecule is CC(C1CC1)N(C(=O)Cn1ccnc1-c1cnccn1)C1CC1. The van der Waals surface area contributed by atoms with Gasteiger partial charge in [-0.25, -0.2) is 9.97 Å². The van der Waals surface area contributed by atoms with E-state index in [0.29, 0.717) is 36.1 Å². The number of imidazole rings is 1. The number of nitrogens with zero attached hydrogens (tertiary/aromatic N) is 5. The summed E-state index contributed by atoms with van der Waals surface area (Å²) in [7, 11) is 0. The van der Waals surface area contributed by atoms with Gasteiger partial charge in [0.2, 0.25) is 5.91 Å². The highest BCUT2D eigenvalue weighted by Crippen LogP contribution is 2.39. The van der Waals surface area contributed by atoms with Gasteiger partial charge < -0.3 is 9.47 Å². The fourth-order valence-electron chi connectivity index (χ4n) is 3.23. The van der Waals surface area contributed by atoms with Gasteiger partial charge in [0.15, 0.2) is 5.82 Å². The monoisotopic (exact) mass is 311 g/mol. The molecule has 0 N–H and O–H groups in total. The molecule has 2 aliphatic carbocycles. The summed E-state index contributed by atoms with van der Waals surface area (Å²) in [5.41, 5.74) is 0.693. The lowest BCUT2D eigenvalue weighted by Gasteiger charge is -2.30. The first-order valence-electron chi connectivity index (χ1n) is 8.32. The van der Waals surface area contributed by atoms with E-state index in [9.17, 15) is 4.79 Å². The second kappa shape index (κ2) is 5.76. The zero-order chi connectivity index (χ0) is 15.8. The summed E-state index contributed by atoms with van der Waals surface area (Å²) in [6, 6.07) is 0.806. The van der Waals surface area contributed by atoms with Crippen LogP contribution in [0.5, 0.6) is 0 Å². The Bertz CT molecular complexity index is 690. The normalized spacial score (nSPS) is 18.7. The molecule has 0 bridgehead atoms. The first-order chi connectivity index (χ1) is 11.2. The Labute approximate surface area is 135 Å². The second-order valence-electron chi connectivity index (χ2n) is 6.58. The van der Waals surface area contributed by atoms with Crippen LogP contribution in [-0.4, -0.2) is 42.4 Å². The molecule has 1 atom stereocenters. The molecule has 0 spiro atoms. The molecule has 2 aliphatic rings. The van der Waals surface area contributed by atoms with E-state index in [-0.39, 0.29) is 5.91 Å². The molecule has 120 valence electrons. The lowest BCUT2D eigenvalue weighted by atomic mass is 10.1. The van der Waals surface area contributed by atoms with E-state index in [1.165, 1.54) is 12.8 Å². The molecule has 4 rings (SSSR count).